The second kappa shape index (κ2) is 8.25. The molecule has 1 aliphatic rings. The van der Waals surface area contributed by atoms with Crippen molar-refractivity contribution < 1.29 is 0 Å². The normalized spacial score (nSPS) is 17.6. The van der Waals surface area contributed by atoms with Crippen molar-refractivity contribution in [2.75, 3.05) is 13.1 Å². The van der Waals surface area contributed by atoms with Gasteiger partial charge in [-0.2, -0.15) is 5.10 Å². The fraction of sp³-hybridized carbons (Fsp3) is 0.706. The Balaban J connectivity index is 2.11. The van der Waals surface area contributed by atoms with Crippen molar-refractivity contribution in [1.29, 1.82) is 0 Å². The van der Waals surface area contributed by atoms with Gasteiger partial charge in [-0.3, -0.25) is 4.68 Å². The molecule has 1 N–H and O–H groups in total. The molecule has 0 saturated heterocycles. The Bertz CT molecular complexity index is 414. The van der Waals surface area contributed by atoms with Crippen molar-refractivity contribution in [3.05, 3.63) is 23.5 Å². The van der Waals surface area contributed by atoms with E-state index in [1.54, 1.807) is 5.57 Å². The van der Waals surface area contributed by atoms with Crippen LogP contribution in [-0.2, 0) is 6.54 Å². The molecular weight excluding hydrogens is 246 g/mol. The van der Waals surface area contributed by atoms with Gasteiger partial charge >= 0.3 is 0 Å². The van der Waals surface area contributed by atoms with Crippen LogP contribution in [0.25, 0.3) is 6.08 Å². The smallest absolute Gasteiger partial charge is 0.0609 e. The molecule has 0 amide bonds. The molecule has 1 heterocycles. The van der Waals surface area contributed by atoms with Gasteiger partial charge in [0.25, 0.3) is 0 Å². The molecule has 1 aromatic heterocycles. The number of hydrogen-bond donors (Lipinski definition) is 1. The molecule has 20 heavy (non-hydrogen) atoms. The molecule has 0 unspecified atom stereocenters. The molecule has 0 aliphatic heterocycles. The SMILES string of the molecule is CCCNCC(=Cc1ccnn1CC)C1CCCCC1. The molecular formula is C17H29N3. The standard InChI is InChI=1S/C17H29N3/c1-3-11-18-14-16(15-8-6-5-7-9-15)13-17-10-12-19-20(17)4-2/h10,12-13,15,18H,3-9,11,14H2,1-2H3. The van der Waals surface area contributed by atoms with E-state index in [1.807, 2.05) is 6.20 Å². The summed E-state index contributed by atoms with van der Waals surface area (Å²) in [4.78, 5) is 0. The van der Waals surface area contributed by atoms with Crippen LogP contribution in [-0.4, -0.2) is 22.9 Å². The monoisotopic (exact) mass is 275 g/mol. The third-order valence-corrected chi connectivity index (χ3v) is 4.27. The van der Waals surface area contributed by atoms with Gasteiger partial charge in [0.05, 0.1) is 5.69 Å². The van der Waals surface area contributed by atoms with E-state index in [9.17, 15) is 0 Å². The van der Waals surface area contributed by atoms with Crippen LogP contribution in [0.4, 0.5) is 0 Å². The number of aryl methyl sites for hydroxylation is 1. The van der Waals surface area contributed by atoms with E-state index in [2.05, 4.69) is 41.1 Å². The van der Waals surface area contributed by atoms with Gasteiger partial charge in [-0.15, -0.1) is 0 Å². The van der Waals surface area contributed by atoms with Crippen LogP contribution in [0, 0.1) is 5.92 Å². The maximum Gasteiger partial charge on any atom is 0.0609 e. The summed E-state index contributed by atoms with van der Waals surface area (Å²) in [5, 5.41) is 7.97. The molecule has 0 bridgehead atoms. The van der Waals surface area contributed by atoms with E-state index in [-0.39, 0.29) is 0 Å². The quantitative estimate of drug-likeness (QED) is 0.766. The Morgan fingerprint density at radius 3 is 2.85 bits per heavy atom. The zero-order valence-electron chi connectivity index (χ0n) is 13.1. The maximum atomic E-state index is 4.38. The Kier molecular flexibility index (Phi) is 6.31. The van der Waals surface area contributed by atoms with Crippen LogP contribution in [0.15, 0.2) is 17.8 Å². The van der Waals surface area contributed by atoms with Gasteiger partial charge in [0, 0.05) is 19.3 Å². The molecule has 112 valence electrons. The predicted octanol–water partition coefficient (Wildman–Crippen LogP) is 3.87. The second-order valence-corrected chi connectivity index (χ2v) is 5.80. The molecule has 3 nitrogen and oxygen atoms in total. The fourth-order valence-electron chi connectivity index (χ4n) is 3.12. The summed E-state index contributed by atoms with van der Waals surface area (Å²) in [6.07, 6.45) is 12.4. The van der Waals surface area contributed by atoms with E-state index in [1.165, 1.54) is 44.2 Å². The molecule has 1 aromatic rings. The third-order valence-electron chi connectivity index (χ3n) is 4.27. The summed E-state index contributed by atoms with van der Waals surface area (Å²) < 4.78 is 2.09. The molecule has 0 radical (unpaired) electrons. The molecule has 2 rings (SSSR count). The minimum absolute atomic E-state index is 0.772. The van der Waals surface area contributed by atoms with E-state index in [0.717, 1.165) is 25.6 Å². The van der Waals surface area contributed by atoms with Crippen LogP contribution in [0.3, 0.4) is 0 Å². The number of aromatic nitrogens is 2. The number of nitrogens with zero attached hydrogens (tertiary/aromatic N) is 2. The summed E-state index contributed by atoms with van der Waals surface area (Å²) in [7, 11) is 0. The minimum Gasteiger partial charge on any atom is -0.313 e. The number of hydrogen-bond acceptors (Lipinski definition) is 2. The summed E-state index contributed by atoms with van der Waals surface area (Å²) >= 11 is 0. The van der Waals surface area contributed by atoms with Gasteiger partial charge in [-0.05, 0) is 50.8 Å². The lowest BCUT2D eigenvalue weighted by Crippen LogP contribution is -2.23. The van der Waals surface area contributed by atoms with Crippen LogP contribution in [0.5, 0.6) is 0 Å². The van der Waals surface area contributed by atoms with Crippen molar-refractivity contribution in [2.24, 2.45) is 5.92 Å². The largest absolute Gasteiger partial charge is 0.313 e. The second-order valence-electron chi connectivity index (χ2n) is 5.80. The van der Waals surface area contributed by atoms with Gasteiger partial charge in [-0.1, -0.05) is 31.8 Å². The highest BCUT2D eigenvalue weighted by molar-refractivity contribution is 5.50. The van der Waals surface area contributed by atoms with Crippen molar-refractivity contribution in [3.63, 3.8) is 0 Å². The summed E-state index contributed by atoms with van der Waals surface area (Å²) in [6.45, 7) is 7.47. The highest BCUT2D eigenvalue weighted by atomic mass is 15.3. The zero-order chi connectivity index (χ0) is 14.2. The van der Waals surface area contributed by atoms with Crippen LogP contribution in [0.2, 0.25) is 0 Å². The zero-order valence-corrected chi connectivity index (χ0v) is 13.1. The fourth-order valence-corrected chi connectivity index (χ4v) is 3.12. The lowest BCUT2D eigenvalue weighted by molar-refractivity contribution is 0.396. The van der Waals surface area contributed by atoms with Crippen LogP contribution in [0.1, 0.15) is 58.1 Å². The Hall–Kier alpha value is -1.09. The predicted molar refractivity (Wildman–Crippen MR) is 85.6 cm³/mol. The first-order chi connectivity index (χ1) is 9.85. The van der Waals surface area contributed by atoms with Gasteiger partial charge in [0.15, 0.2) is 0 Å². The molecule has 1 saturated carbocycles. The third kappa shape index (κ3) is 4.20. The highest BCUT2D eigenvalue weighted by Crippen LogP contribution is 2.30. The van der Waals surface area contributed by atoms with Crippen molar-refractivity contribution in [1.82, 2.24) is 15.1 Å². The molecule has 0 aromatic carbocycles. The first-order valence-corrected chi connectivity index (χ1v) is 8.28. The molecule has 0 atom stereocenters. The molecule has 3 heteroatoms. The molecule has 0 spiro atoms. The summed E-state index contributed by atoms with van der Waals surface area (Å²) in [6, 6.07) is 2.13. The Morgan fingerprint density at radius 1 is 1.35 bits per heavy atom. The Morgan fingerprint density at radius 2 is 2.15 bits per heavy atom. The highest BCUT2D eigenvalue weighted by Gasteiger charge is 2.18. The summed E-state index contributed by atoms with van der Waals surface area (Å²) in [5.41, 5.74) is 2.83. The first kappa shape index (κ1) is 15.3. The van der Waals surface area contributed by atoms with Crippen molar-refractivity contribution in [2.45, 2.75) is 58.9 Å². The minimum atomic E-state index is 0.772. The van der Waals surface area contributed by atoms with Crippen molar-refractivity contribution >= 4 is 6.08 Å². The van der Waals surface area contributed by atoms with Crippen LogP contribution < -0.4 is 5.32 Å². The van der Waals surface area contributed by atoms with Crippen molar-refractivity contribution in [3.8, 4) is 0 Å². The van der Waals surface area contributed by atoms with E-state index < -0.39 is 0 Å². The topological polar surface area (TPSA) is 29.9 Å². The van der Waals surface area contributed by atoms with Crippen LogP contribution >= 0.6 is 0 Å². The molecule has 1 aliphatic carbocycles. The van der Waals surface area contributed by atoms with Gasteiger partial charge in [0.1, 0.15) is 0 Å². The first-order valence-electron chi connectivity index (χ1n) is 8.28. The lowest BCUT2D eigenvalue weighted by Gasteiger charge is -2.25. The average Bonchev–Trinajstić information content (AvgIpc) is 2.94. The van der Waals surface area contributed by atoms with E-state index in [0.29, 0.717) is 0 Å². The Labute approximate surface area is 123 Å². The number of nitrogens with one attached hydrogen (secondary N) is 1. The average molecular weight is 275 g/mol. The van der Waals surface area contributed by atoms with Gasteiger partial charge in [-0.25, -0.2) is 0 Å². The maximum absolute atomic E-state index is 4.38. The summed E-state index contributed by atoms with van der Waals surface area (Å²) in [5.74, 6) is 0.772. The van der Waals surface area contributed by atoms with Gasteiger partial charge in [0.2, 0.25) is 0 Å². The lowest BCUT2D eigenvalue weighted by atomic mass is 9.83. The van der Waals surface area contributed by atoms with E-state index >= 15 is 0 Å². The molecule has 1 fully saturated rings. The van der Waals surface area contributed by atoms with Gasteiger partial charge < -0.3 is 5.32 Å². The number of rotatable bonds is 7. The van der Waals surface area contributed by atoms with E-state index in [4.69, 9.17) is 0 Å².